The Kier molecular flexibility index (Phi) is 3.19. The summed E-state index contributed by atoms with van der Waals surface area (Å²) in [5.41, 5.74) is 9.03. The fourth-order valence-electron chi connectivity index (χ4n) is 2.20. The van der Waals surface area contributed by atoms with Gasteiger partial charge in [-0.15, -0.1) is 0 Å². The van der Waals surface area contributed by atoms with Crippen LogP contribution in [0.3, 0.4) is 0 Å². The SMILES string of the molecule is Cc1cccc2nc(N)n(C(C)CS(C)=O)c12. The second-order valence-corrected chi connectivity index (χ2v) is 5.85. The van der Waals surface area contributed by atoms with E-state index in [-0.39, 0.29) is 6.04 Å². The summed E-state index contributed by atoms with van der Waals surface area (Å²) >= 11 is 0. The van der Waals surface area contributed by atoms with Gasteiger partial charge in [0.15, 0.2) is 0 Å². The summed E-state index contributed by atoms with van der Waals surface area (Å²) in [5, 5.41) is 0. The predicted molar refractivity (Wildman–Crippen MR) is 72.5 cm³/mol. The van der Waals surface area contributed by atoms with Crippen molar-refractivity contribution in [2.75, 3.05) is 17.7 Å². The normalized spacial score (nSPS) is 15.0. The molecule has 1 aromatic heterocycles. The number of imidazole rings is 1. The molecule has 0 saturated carbocycles. The van der Waals surface area contributed by atoms with Crippen molar-refractivity contribution >= 4 is 27.8 Å². The summed E-state index contributed by atoms with van der Waals surface area (Å²) in [6, 6.07) is 6.05. The van der Waals surface area contributed by atoms with Crippen molar-refractivity contribution in [1.82, 2.24) is 9.55 Å². The van der Waals surface area contributed by atoms with Crippen molar-refractivity contribution in [2.45, 2.75) is 19.9 Å². The third kappa shape index (κ3) is 2.20. The minimum Gasteiger partial charge on any atom is -0.369 e. The second kappa shape index (κ2) is 4.49. The third-order valence-corrected chi connectivity index (χ3v) is 3.81. The number of nitrogens with zero attached hydrogens (tertiary/aromatic N) is 2. The Morgan fingerprint density at radius 3 is 2.88 bits per heavy atom. The van der Waals surface area contributed by atoms with Gasteiger partial charge < -0.3 is 10.3 Å². The molecule has 0 aliphatic carbocycles. The average molecular weight is 251 g/mol. The summed E-state index contributed by atoms with van der Waals surface area (Å²) in [7, 11) is -0.842. The van der Waals surface area contributed by atoms with E-state index in [0.717, 1.165) is 16.6 Å². The highest BCUT2D eigenvalue weighted by atomic mass is 32.2. The van der Waals surface area contributed by atoms with Gasteiger partial charge in [0.05, 0.1) is 11.0 Å². The first-order valence-electron chi connectivity index (χ1n) is 5.53. The van der Waals surface area contributed by atoms with Gasteiger partial charge in [0.25, 0.3) is 0 Å². The quantitative estimate of drug-likeness (QED) is 0.905. The highest BCUT2D eigenvalue weighted by Crippen LogP contribution is 2.25. The molecule has 0 spiro atoms. The van der Waals surface area contributed by atoms with E-state index in [1.54, 1.807) is 6.26 Å². The molecule has 2 atom stereocenters. The number of rotatable bonds is 3. The summed E-state index contributed by atoms with van der Waals surface area (Å²) in [4.78, 5) is 4.34. The van der Waals surface area contributed by atoms with Crippen LogP contribution in [0.1, 0.15) is 18.5 Å². The maximum absolute atomic E-state index is 11.3. The van der Waals surface area contributed by atoms with Crippen LogP contribution in [0.25, 0.3) is 11.0 Å². The Bertz CT molecular complexity index is 576. The summed E-state index contributed by atoms with van der Waals surface area (Å²) < 4.78 is 13.3. The average Bonchev–Trinajstić information content (AvgIpc) is 2.54. The lowest BCUT2D eigenvalue weighted by Gasteiger charge is -2.15. The molecular weight excluding hydrogens is 234 g/mol. The number of nitrogens with two attached hydrogens (primary N) is 1. The zero-order valence-corrected chi connectivity index (χ0v) is 11.1. The molecule has 92 valence electrons. The van der Waals surface area contributed by atoms with Crippen LogP contribution in [0.5, 0.6) is 0 Å². The van der Waals surface area contributed by atoms with E-state index < -0.39 is 10.8 Å². The van der Waals surface area contributed by atoms with Crippen LogP contribution in [-0.4, -0.2) is 25.8 Å². The van der Waals surface area contributed by atoms with Crippen LogP contribution in [-0.2, 0) is 10.8 Å². The first-order valence-corrected chi connectivity index (χ1v) is 7.26. The summed E-state index contributed by atoms with van der Waals surface area (Å²) in [6.45, 7) is 4.06. The van der Waals surface area contributed by atoms with Crippen molar-refractivity contribution < 1.29 is 4.21 Å². The summed E-state index contributed by atoms with van der Waals surface area (Å²) in [5.74, 6) is 1.08. The Morgan fingerprint density at radius 1 is 1.53 bits per heavy atom. The van der Waals surface area contributed by atoms with Crippen LogP contribution >= 0.6 is 0 Å². The fraction of sp³-hybridized carbons (Fsp3) is 0.417. The zero-order chi connectivity index (χ0) is 12.6. The lowest BCUT2D eigenvalue weighted by atomic mass is 10.2. The molecule has 17 heavy (non-hydrogen) atoms. The smallest absolute Gasteiger partial charge is 0.201 e. The molecule has 0 saturated heterocycles. The minimum absolute atomic E-state index is 0.0898. The number of anilines is 1. The lowest BCUT2D eigenvalue weighted by molar-refractivity contribution is 0.618. The number of hydrogen-bond donors (Lipinski definition) is 1. The molecule has 1 aromatic carbocycles. The number of nitrogen functional groups attached to an aromatic ring is 1. The number of fused-ring (bicyclic) bond motifs is 1. The second-order valence-electron chi connectivity index (χ2n) is 4.37. The van der Waals surface area contributed by atoms with Gasteiger partial charge >= 0.3 is 0 Å². The van der Waals surface area contributed by atoms with Crippen molar-refractivity contribution in [1.29, 1.82) is 0 Å². The molecule has 2 rings (SSSR count). The van der Waals surface area contributed by atoms with Crippen LogP contribution < -0.4 is 5.73 Å². The Labute approximate surface area is 103 Å². The molecule has 0 amide bonds. The molecule has 2 aromatic rings. The fourth-order valence-corrected chi connectivity index (χ4v) is 3.03. The van der Waals surface area contributed by atoms with Gasteiger partial charge in [0, 0.05) is 28.9 Å². The Hall–Kier alpha value is -1.36. The molecule has 4 nitrogen and oxygen atoms in total. The minimum atomic E-state index is -0.842. The molecule has 0 aliphatic rings. The van der Waals surface area contributed by atoms with Crippen molar-refractivity contribution in [3.63, 3.8) is 0 Å². The number of aromatic nitrogens is 2. The molecule has 2 N–H and O–H groups in total. The predicted octanol–water partition coefficient (Wildman–Crippen LogP) is 1.87. The van der Waals surface area contributed by atoms with E-state index in [0.29, 0.717) is 11.7 Å². The lowest BCUT2D eigenvalue weighted by Crippen LogP contribution is -2.15. The van der Waals surface area contributed by atoms with Crippen LogP contribution in [0.4, 0.5) is 5.95 Å². The topological polar surface area (TPSA) is 60.9 Å². The first kappa shape index (κ1) is 12.1. The van der Waals surface area contributed by atoms with E-state index in [2.05, 4.69) is 4.98 Å². The summed E-state index contributed by atoms with van der Waals surface area (Å²) in [6.07, 6.45) is 1.71. The Morgan fingerprint density at radius 2 is 2.24 bits per heavy atom. The molecule has 0 bridgehead atoms. The maximum atomic E-state index is 11.3. The number of hydrogen-bond acceptors (Lipinski definition) is 3. The standard InChI is InChI=1S/C12H17N3OS/c1-8-5-4-6-10-11(8)15(12(13)14-10)9(2)7-17(3)16/h4-6,9H,7H2,1-3H3,(H2,13,14). The molecule has 0 fully saturated rings. The van der Waals surface area contributed by atoms with E-state index >= 15 is 0 Å². The van der Waals surface area contributed by atoms with Crippen molar-refractivity contribution in [3.05, 3.63) is 23.8 Å². The van der Waals surface area contributed by atoms with Crippen molar-refractivity contribution in [3.8, 4) is 0 Å². The molecule has 0 aliphatic heterocycles. The highest BCUT2D eigenvalue weighted by Gasteiger charge is 2.16. The van der Waals surface area contributed by atoms with Gasteiger partial charge in [-0.05, 0) is 25.5 Å². The Balaban J connectivity index is 2.59. The number of para-hydroxylation sites is 1. The van der Waals surface area contributed by atoms with Gasteiger partial charge in [0.1, 0.15) is 0 Å². The van der Waals surface area contributed by atoms with E-state index in [1.807, 2.05) is 36.6 Å². The molecule has 1 heterocycles. The zero-order valence-electron chi connectivity index (χ0n) is 10.3. The first-order chi connectivity index (χ1) is 8.00. The van der Waals surface area contributed by atoms with Gasteiger partial charge in [0.2, 0.25) is 5.95 Å². The van der Waals surface area contributed by atoms with Crippen LogP contribution in [0.15, 0.2) is 18.2 Å². The number of aryl methyl sites for hydroxylation is 1. The van der Waals surface area contributed by atoms with Crippen LogP contribution in [0, 0.1) is 6.92 Å². The third-order valence-electron chi connectivity index (χ3n) is 2.86. The van der Waals surface area contributed by atoms with Crippen molar-refractivity contribution in [2.24, 2.45) is 0 Å². The van der Waals surface area contributed by atoms with E-state index in [1.165, 1.54) is 0 Å². The molecule has 0 radical (unpaired) electrons. The van der Waals surface area contributed by atoms with Gasteiger partial charge in [-0.2, -0.15) is 0 Å². The van der Waals surface area contributed by atoms with Crippen LogP contribution in [0.2, 0.25) is 0 Å². The van der Waals surface area contributed by atoms with Gasteiger partial charge in [-0.3, -0.25) is 4.21 Å². The molecule has 5 heteroatoms. The molecular formula is C12H17N3OS. The van der Waals surface area contributed by atoms with Gasteiger partial charge in [-0.25, -0.2) is 4.98 Å². The highest BCUT2D eigenvalue weighted by molar-refractivity contribution is 7.84. The monoisotopic (exact) mass is 251 g/mol. The molecule has 2 unspecified atom stereocenters. The van der Waals surface area contributed by atoms with Gasteiger partial charge in [-0.1, -0.05) is 12.1 Å². The van der Waals surface area contributed by atoms with E-state index in [4.69, 9.17) is 5.73 Å². The number of benzene rings is 1. The largest absolute Gasteiger partial charge is 0.369 e. The maximum Gasteiger partial charge on any atom is 0.201 e. The van der Waals surface area contributed by atoms with E-state index in [9.17, 15) is 4.21 Å².